The molecule has 7 nitrogen and oxygen atoms in total. The van der Waals surface area contributed by atoms with Crippen LogP contribution in [0.5, 0.6) is 0 Å². The number of ether oxygens (including phenoxy) is 1. The van der Waals surface area contributed by atoms with Gasteiger partial charge in [0.1, 0.15) is 0 Å². The van der Waals surface area contributed by atoms with Gasteiger partial charge in [0, 0.05) is 26.2 Å². The third-order valence-corrected chi connectivity index (χ3v) is 3.29. The third kappa shape index (κ3) is 2.61. The quantitative estimate of drug-likeness (QED) is 0.778. The van der Waals surface area contributed by atoms with Crippen LogP contribution in [-0.4, -0.2) is 54.6 Å². The van der Waals surface area contributed by atoms with Crippen LogP contribution in [0, 0.1) is 0 Å². The minimum atomic E-state index is 0.579. The lowest BCUT2D eigenvalue weighted by Gasteiger charge is -2.26. The molecule has 0 bridgehead atoms. The first-order chi connectivity index (χ1) is 9.34. The van der Waals surface area contributed by atoms with Gasteiger partial charge in [-0.25, -0.2) is 4.63 Å². The Hall–Kier alpha value is -1.86. The number of nitrogens with one attached hydrogen (secondary N) is 1. The highest BCUT2D eigenvalue weighted by Crippen LogP contribution is 2.24. The average molecular weight is 263 g/mol. The first-order valence-electron chi connectivity index (χ1n) is 6.39. The molecular formula is C12H17N5O2. The van der Waals surface area contributed by atoms with Crippen molar-refractivity contribution in [2.24, 2.45) is 0 Å². The van der Waals surface area contributed by atoms with E-state index in [1.54, 1.807) is 0 Å². The predicted octanol–water partition coefficient (Wildman–Crippen LogP) is 0.549. The molecule has 19 heavy (non-hydrogen) atoms. The van der Waals surface area contributed by atoms with E-state index in [4.69, 9.17) is 15.1 Å². The van der Waals surface area contributed by atoms with Crippen LogP contribution in [0.2, 0.25) is 0 Å². The Morgan fingerprint density at radius 3 is 2.84 bits per heavy atom. The Bertz CT molecular complexity index is 550. The van der Waals surface area contributed by atoms with Crippen LogP contribution in [-0.2, 0) is 4.74 Å². The van der Waals surface area contributed by atoms with Gasteiger partial charge in [-0.3, -0.25) is 4.90 Å². The Labute approximate surface area is 110 Å². The molecule has 0 atom stereocenters. The van der Waals surface area contributed by atoms with Crippen LogP contribution in [0.4, 0.5) is 11.4 Å². The van der Waals surface area contributed by atoms with Crippen molar-refractivity contribution in [3.8, 4) is 0 Å². The summed E-state index contributed by atoms with van der Waals surface area (Å²) >= 11 is 0. The summed E-state index contributed by atoms with van der Waals surface area (Å²) in [6.07, 6.45) is 0. The van der Waals surface area contributed by atoms with Gasteiger partial charge >= 0.3 is 0 Å². The number of nitrogens with two attached hydrogens (primary N) is 1. The Morgan fingerprint density at radius 2 is 2.00 bits per heavy atom. The molecule has 0 unspecified atom stereocenters. The molecule has 1 aromatic carbocycles. The average Bonchev–Trinajstić information content (AvgIpc) is 2.93. The highest BCUT2D eigenvalue weighted by atomic mass is 16.6. The van der Waals surface area contributed by atoms with Gasteiger partial charge in [0.05, 0.1) is 24.6 Å². The molecule has 3 rings (SSSR count). The maximum absolute atomic E-state index is 5.80. The number of hydrogen-bond acceptors (Lipinski definition) is 7. The lowest BCUT2D eigenvalue weighted by atomic mass is 10.2. The third-order valence-electron chi connectivity index (χ3n) is 3.29. The van der Waals surface area contributed by atoms with Crippen LogP contribution in [0.1, 0.15) is 0 Å². The first kappa shape index (κ1) is 12.2. The molecule has 7 heteroatoms. The van der Waals surface area contributed by atoms with Crippen molar-refractivity contribution >= 4 is 22.4 Å². The van der Waals surface area contributed by atoms with E-state index in [-0.39, 0.29) is 0 Å². The fraction of sp³-hybridized carbons (Fsp3) is 0.500. The Balaban J connectivity index is 1.62. The van der Waals surface area contributed by atoms with Gasteiger partial charge in [0.25, 0.3) is 0 Å². The zero-order valence-electron chi connectivity index (χ0n) is 10.6. The molecule has 0 aliphatic carbocycles. The monoisotopic (exact) mass is 263 g/mol. The summed E-state index contributed by atoms with van der Waals surface area (Å²) in [6.45, 7) is 5.43. The van der Waals surface area contributed by atoms with Gasteiger partial charge < -0.3 is 15.8 Å². The van der Waals surface area contributed by atoms with Gasteiger partial charge in [-0.15, -0.1) is 0 Å². The molecule has 2 aromatic rings. The predicted molar refractivity (Wildman–Crippen MR) is 72.0 cm³/mol. The summed E-state index contributed by atoms with van der Waals surface area (Å²) in [5, 5.41) is 11.0. The molecule has 0 amide bonds. The van der Waals surface area contributed by atoms with Gasteiger partial charge in [0.2, 0.25) is 0 Å². The van der Waals surface area contributed by atoms with Crippen LogP contribution < -0.4 is 11.1 Å². The van der Waals surface area contributed by atoms with Crippen LogP contribution in [0.3, 0.4) is 0 Å². The zero-order valence-corrected chi connectivity index (χ0v) is 10.6. The van der Waals surface area contributed by atoms with Crippen molar-refractivity contribution in [3.05, 3.63) is 12.1 Å². The lowest BCUT2D eigenvalue weighted by Crippen LogP contribution is -2.39. The van der Waals surface area contributed by atoms with E-state index >= 15 is 0 Å². The number of aromatic nitrogens is 2. The number of anilines is 2. The molecule has 0 spiro atoms. The second-order valence-electron chi connectivity index (χ2n) is 4.54. The van der Waals surface area contributed by atoms with E-state index in [1.165, 1.54) is 0 Å². The maximum Gasteiger partial charge on any atom is 0.160 e. The fourth-order valence-corrected chi connectivity index (χ4v) is 2.20. The van der Waals surface area contributed by atoms with E-state index in [0.717, 1.165) is 45.1 Å². The van der Waals surface area contributed by atoms with Crippen molar-refractivity contribution < 1.29 is 9.37 Å². The molecular weight excluding hydrogens is 246 g/mol. The minimum Gasteiger partial charge on any atom is -0.397 e. The molecule has 1 aliphatic heterocycles. The second kappa shape index (κ2) is 5.41. The van der Waals surface area contributed by atoms with Crippen LogP contribution in [0.15, 0.2) is 16.8 Å². The molecule has 1 saturated heterocycles. The number of rotatable bonds is 4. The van der Waals surface area contributed by atoms with E-state index in [1.807, 2.05) is 12.1 Å². The second-order valence-corrected chi connectivity index (χ2v) is 4.54. The lowest BCUT2D eigenvalue weighted by molar-refractivity contribution is 0.0398. The van der Waals surface area contributed by atoms with E-state index in [0.29, 0.717) is 16.7 Å². The Morgan fingerprint density at radius 1 is 1.21 bits per heavy atom. The zero-order chi connectivity index (χ0) is 13.1. The number of nitrogen functional groups attached to an aromatic ring is 1. The van der Waals surface area contributed by atoms with Crippen molar-refractivity contribution in [1.29, 1.82) is 0 Å². The molecule has 0 saturated carbocycles. The number of morpholine rings is 1. The molecule has 102 valence electrons. The summed E-state index contributed by atoms with van der Waals surface area (Å²) in [5.74, 6) is 0. The fourth-order valence-electron chi connectivity index (χ4n) is 2.20. The van der Waals surface area contributed by atoms with Crippen molar-refractivity contribution in [3.63, 3.8) is 0 Å². The molecule has 1 aromatic heterocycles. The molecule has 3 N–H and O–H groups in total. The highest BCUT2D eigenvalue weighted by Gasteiger charge is 2.12. The summed E-state index contributed by atoms with van der Waals surface area (Å²) in [4.78, 5) is 2.37. The summed E-state index contributed by atoms with van der Waals surface area (Å²) in [6, 6.07) is 3.71. The van der Waals surface area contributed by atoms with Gasteiger partial charge in [-0.1, -0.05) is 0 Å². The summed E-state index contributed by atoms with van der Waals surface area (Å²) < 4.78 is 10.1. The van der Waals surface area contributed by atoms with Crippen molar-refractivity contribution in [2.45, 2.75) is 0 Å². The molecule has 1 aliphatic rings. The van der Waals surface area contributed by atoms with Gasteiger partial charge in [-0.2, -0.15) is 0 Å². The van der Waals surface area contributed by atoms with E-state index < -0.39 is 0 Å². The topological polar surface area (TPSA) is 89.4 Å². The van der Waals surface area contributed by atoms with Gasteiger partial charge in [-0.05, 0) is 22.4 Å². The number of benzene rings is 1. The van der Waals surface area contributed by atoms with Gasteiger partial charge in [0.15, 0.2) is 11.0 Å². The standard InChI is InChI=1S/C12H17N5O2/c13-9-1-2-10(12-11(9)15-19-16-12)14-3-4-17-5-7-18-8-6-17/h1-2,14H,3-8,13H2. The number of fused-ring (bicyclic) bond motifs is 1. The summed E-state index contributed by atoms with van der Waals surface area (Å²) in [7, 11) is 0. The minimum absolute atomic E-state index is 0.579. The summed E-state index contributed by atoms with van der Waals surface area (Å²) in [5.41, 5.74) is 8.57. The molecule has 2 heterocycles. The van der Waals surface area contributed by atoms with Crippen molar-refractivity contribution in [2.75, 3.05) is 50.4 Å². The highest BCUT2D eigenvalue weighted by molar-refractivity contribution is 5.94. The Kier molecular flexibility index (Phi) is 3.47. The van der Waals surface area contributed by atoms with E-state index in [9.17, 15) is 0 Å². The number of nitrogens with zero attached hydrogens (tertiary/aromatic N) is 3. The SMILES string of the molecule is Nc1ccc(NCCN2CCOCC2)c2nonc12. The van der Waals surface area contributed by atoms with E-state index in [2.05, 4.69) is 20.5 Å². The first-order valence-corrected chi connectivity index (χ1v) is 6.39. The largest absolute Gasteiger partial charge is 0.397 e. The normalized spacial score (nSPS) is 16.8. The van der Waals surface area contributed by atoms with Crippen LogP contribution in [0.25, 0.3) is 11.0 Å². The maximum atomic E-state index is 5.80. The number of hydrogen-bond donors (Lipinski definition) is 2. The van der Waals surface area contributed by atoms with Crippen LogP contribution >= 0.6 is 0 Å². The molecule has 1 fully saturated rings. The smallest absolute Gasteiger partial charge is 0.160 e. The molecule has 0 radical (unpaired) electrons. The van der Waals surface area contributed by atoms with Crippen molar-refractivity contribution in [1.82, 2.24) is 15.2 Å².